The van der Waals surface area contributed by atoms with E-state index >= 15 is 0 Å². The van der Waals surface area contributed by atoms with Crippen molar-refractivity contribution in [2.45, 2.75) is 76.7 Å². The Balaban J connectivity index is 1.67. The Bertz CT molecular complexity index is 463. The van der Waals surface area contributed by atoms with Crippen molar-refractivity contribution in [1.29, 1.82) is 0 Å². The maximum absolute atomic E-state index is 11.1. The first-order valence-corrected chi connectivity index (χ1v) is 7.63. The molecule has 0 aromatic carbocycles. The molecule has 21 heavy (non-hydrogen) atoms. The minimum atomic E-state index is -0.479. The van der Waals surface area contributed by atoms with Crippen molar-refractivity contribution in [1.82, 2.24) is 0 Å². The van der Waals surface area contributed by atoms with E-state index in [9.17, 15) is 4.79 Å². The predicted octanol–water partition coefficient (Wildman–Crippen LogP) is 2.34. The number of epoxide rings is 2. The van der Waals surface area contributed by atoms with Crippen LogP contribution in [0.3, 0.4) is 0 Å². The van der Waals surface area contributed by atoms with Crippen LogP contribution >= 0.6 is 0 Å². The van der Waals surface area contributed by atoms with Crippen LogP contribution < -0.4 is 0 Å². The van der Waals surface area contributed by atoms with Crippen LogP contribution in [0.15, 0.2) is 11.6 Å². The number of hydrogen-bond acceptors (Lipinski definition) is 5. The Morgan fingerprint density at radius 3 is 2.67 bits per heavy atom. The number of rotatable bonds is 4. The Kier molecular flexibility index (Phi) is 3.62. The first kappa shape index (κ1) is 15.0. The van der Waals surface area contributed by atoms with E-state index in [4.69, 9.17) is 18.9 Å². The largest absolute Gasteiger partial charge is 0.436 e. The Morgan fingerprint density at radius 1 is 1.38 bits per heavy atom. The second-order valence-electron chi connectivity index (χ2n) is 6.75. The Labute approximate surface area is 125 Å². The van der Waals surface area contributed by atoms with Crippen molar-refractivity contribution in [2.24, 2.45) is 0 Å². The minimum Gasteiger partial charge on any atom is -0.436 e. The monoisotopic (exact) mass is 296 g/mol. The van der Waals surface area contributed by atoms with E-state index in [-0.39, 0.29) is 29.4 Å². The molecule has 3 fully saturated rings. The molecule has 1 unspecified atom stereocenters. The van der Waals surface area contributed by atoms with Crippen LogP contribution in [0, 0.1) is 0 Å². The Morgan fingerprint density at radius 2 is 2.10 bits per heavy atom. The summed E-state index contributed by atoms with van der Waals surface area (Å²) in [5.41, 5.74) is 0.708. The highest BCUT2D eigenvalue weighted by molar-refractivity contribution is 5.66. The molecule has 0 aliphatic carbocycles. The molecule has 0 amide bonds. The summed E-state index contributed by atoms with van der Waals surface area (Å²) in [7, 11) is 0. The summed E-state index contributed by atoms with van der Waals surface area (Å²) in [6.45, 7) is 8.35. The number of hydrogen-bond donors (Lipinski definition) is 0. The molecule has 5 nitrogen and oxygen atoms in total. The average Bonchev–Trinajstić information content (AvgIpc) is 3.28. The molecule has 0 bridgehead atoms. The number of esters is 1. The van der Waals surface area contributed by atoms with Gasteiger partial charge in [-0.2, -0.15) is 0 Å². The third-order valence-electron chi connectivity index (χ3n) is 4.62. The normalized spacial score (nSPS) is 44.3. The second kappa shape index (κ2) is 5.07. The van der Waals surface area contributed by atoms with E-state index in [2.05, 4.69) is 26.8 Å². The van der Waals surface area contributed by atoms with Gasteiger partial charge in [-0.15, -0.1) is 0 Å². The zero-order valence-corrected chi connectivity index (χ0v) is 13.2. The fourth-order valence-corrected chi connectivity index (χ4v) is 3.28. The first-order chi connectivity index (χ1) is 9.86. The highest BCUT2D eigenvalue weighted by Gasteiger charge is 2.70. The van der Waals surface area contributed by atoms with Crippen LogP contribution in [0.4, 0.5) is 0 Å². The maximum Gasteiger partial charge on any atom is 0.304 e. The van der Waals surface area contributed by atoms with Gasteiger partial charge in [-0.1, -0.05) is 11.6 Å². The summed E-state index contributed by atoms with van der Waals surface area (Å²) in [5.74, 6) is -0.311. The van der Waals surface area contributed by atoms with Gasteiger partial charge < -0.3 is 18.9 Å². The van der Waals surface area contributed by atoms with Crippen molar-refractivity contribution in [3.8, 4) is 0 Å². The molecule has 118 valence electrons. The van der Waals surface area contributed by atoms with Crippen molar-refractivity contribution in [2.75, 3.05) is 6.61 Å². The minimum absolute atomic E-state index is 0.148. The van der Waals surface area contributed by atoms with E-state index in [1.165, 1.54) is 12.5 Å². The van der Waals surface area contributed by atoms with E-state index in [1.807, 2.05) is 0 Å². The lowest BCUT2D eigenvalue weighted by atomic mass is 9.84. The van der Waals surface area contributed by atoms with Crippen molar-refractivity contribution in [3.63, 3.8) is 0 Å². The molecule has 0 N–H and O–H groups in total. The number of allylic oxidation sites excluding steroid dienone is 1. The first-order valence-electron chi connectivity index (χ1n) is 7.63. The lowest BCUT2D eigenvalue weighted by molar-refractivity contribution is -0.224. The molecule has 5 heteroatoms. The van der Waals surface area contributed by atoms with E-state index in [0.717, 1.165) is 12.8 Å². The van der Waals surface area contributed by atoms with Gasteiger partial charge in [0.1, 0.15) is 17.3 Å². The molecule has 3 saturated heterocycles. The molecule has 0 aromatic rings. The van der Waals surface area contributed by atoms with Gasteiger partial charge in [0.05, 0.1) is 12.7 Å². The third kappa shape index (κ3) is 2.87. The summed E-state index contributed by atoms with van der Waals surface area (Å²) in [5, 5.41) is 0. The van der Waals surface area contributed by atoms with Crippen LogP contribution in [0.25, 0.3) is 0 Å². The highest BCUT2D eigenvalue weighted by atomic mass is 16.7. The third-order valence-corrected chi connectivity index (χ3v) is 4.62. The van der Waals surface area contributed by atoms with Crippen LogP contribution in [0.5, 0.6) is 0 Å². The molecule has 0 saturated carbocycles. The topological polar surface area (TPSA) is 60.6 Å². The lowest BCUT2D eigenvalue weighted by Gasteiger charge is -2.36. The average molecular weight is 296 g/mol. The molecular weight excluding hydrogens is 272 g/mol. The molecule has 5 atom stereocenters. The molecule has 3 rings (SSSR count). The van der Waals surface area contributed by atoms with Gasteiger partial charge in [-0.3, -0.25) is 4.79 Å². The van der Waals surface area contributed by atoms with E-state index in [1.54, 1.807) is 0 Å². The van der Waals surface area contributed by atoms with Crippen molar-refractivity contribution < 1.29 is 23.7 Å². The smallest absolute Gasteiger partial charge is 0.304 e. The summed E-state index contributed by atoms with van der Waals surface area (Å²) < 4.78 is 22.9. The van der Waals surface area contributed by atoms with Crippen molar-refractivity contribution >= 4 is 5.97 Å². The summed E-state index contributed by atoms with van der Waals surface area (Å²) in [4.78, 5) is 11.1. The summed E-state index contributed by atoms with van der Waals surface area (Å²) >= 11 is 0. The molecule has 3 heterocycles. The fraction of sp³-hybridized carbons (Fsp3) is 0.812. The molecule has 0 radical (unpaired) electrons. The number of ether oxygens (including phenoxy) is 4. The highest BCUT2D eigenvalue weighted by Crippen LogP contribution is 2.54. The second-order valence-corrected chi connectivity index (χ2v) is 6.75. The van der Waals surface area contributed by atoms with Gasteiger partial charge in [0.2, 0.25) is 6.29 Å². The molecule has 1 spiro atoms. The van der Waals surface area contributed by atoms with Gasteiger partial charge in [-0.05, 0) is 33.6 Å². The fourth-order valence-electron chi connectivity index (χ4n) is 3.28. The summed E-state index contributed by atoms with van der Waals surface area (Å²) in [6, 6.07) is 0. The molecule has 3 aliphatic heterocycles. The molecular formula is C16H24O5. The van der Waals surface area contributed by atoms with Crippen LogP contribution in [0.2, 0.25) is 0 Å². The van der Waals surface area contributed by atoms with Gasteiger partial charge in [-0.25, -0.2) is 0 Å². The maximum atomic E-state index is 11.1. The number of carbonyl (C=O) groups is 1. The van der Waals surface area contributed by atoms with E-state index < -0.39 is 6.29 Å². The van der Waals surface area contributed by atoms with Crippen LogP contribution in [-0.2, 0) is 23.7 Å². The molecule has 0 aromatic heterocycles. The molecule has 3 aliphatic rings. The van der Waals surface area contributed by atoms with Crippen LogP contribution in [-0.4, -0.2) is 42.3 Å². The van der Waals surface area contributed by atoms with Gasteiger partial charge in [0.25, 0.3) is 0 Å². The van der Waals surface area contributed by atoms with Crippen molar-refractivity contribution in [3.05, 3.63) is 11.6 Å². The quantitative estimate of drug-likeness (QED) is 0.453. The van der Waals surface area contributed by atoms with Gasteiger partial charge >= 0.3 is 5.97 Å². The lowest BCUT2D eigenvalue weighted by Crippen LogP contribution is -2.51. The van der Waals surface area contributed by atoms with Crippen LogP contribution in [0.1, 0.15) is 47.0 Å². The standard InChI is InChI=1S/C16H24O5/c1-10(2)5-6-12-15(4,21-12)14-16(9-18-16)8-7-13(20-14)19-11(3)17/h5,12-14H,6-9H2,1-4H3/t12-,13+,14?,15+,16+/m1/s1. The SMILES string of the molecule is CC(=O)O[C@@H]1CC[C@]2(CO2)C([C@@]2(C)O[C@@H]2CC=C(C)C)O1. The van der Waals surface area contributed by atoms with Gasteiger partial charge in [0.15, 0.2) is 0 Å². The zero-order chi connectivity index (χ0) is 15.3. The Hall–Kier alpha value is -0.910. The summed E-state index contributed by atoms with van der Waals surface area (Å²) in [6.07, 6.45) is 4.10. The number of carbonyl (C=O) groups excluding carboxylic acids is 1. The van der Waals surface area contributed by atoms with E-state index in [0.29, 0.717) is 13.0 Å². The van der Waals surface area contributed by atoms with Gasteiger partial charge in [0, 0.05) is 13.3 Å². The zero-order valence-electron chi connectivity index (χ0n) is 13.2. The predicted molar refractivity (Wildman–Crippen MR) is 75.7 cm³/mol.